The lowest BCUT2D eigenvalue weighted by molar-refractivity contribution is -0.117. The third-order valence-corrected chi connectivity index (χ3v) is 4.84. The normalized spacial score (nSPS) is 10.0. The van der Waals surface area contributed by atoms with Crippen molar-refractivity contribution in [1.82, 2.24) is 4.90 Å². The molecule has 9 heteroatoms. The van der Waals surface area contributed by atoms with Crippen molar-refractivity contribution in [3.8, 4) is 11.5 Å². The molecule has 0 aliphatic heterocycles. The fraction of sp³-hybridized carbons (Fsp3) is 0.259. The number of hydrogen-bond acceptors (Lipinski definition) is 5. The third kappa shape index (κ3) is 9.34. The molecule has 0 atom stereocenters. The molecule has 7 nitrogen and oxygen atoms in total. The molecule has 0 saturated carbocycles. The first-order valence-corrected chi connectivity index (χ1v) is 11.3. The van der Waals surface area contributed by atoms with Crippen molar-refractivity contribution in [2.75, 3.05) is 32.2 Å². The molecule has 3 aromatic carbocycles. The number of hydrogen-bond donors (Lipinski definition) is 2. The highest BCUT2D eigenvalue weighted by molar-refractivity contribution is 5.89. The van der Waals surface area contributed by atoms with Crippen LogP contribution < -0.4 is 20.5 Å². The quantitative estimate of drug-likeness (QED) is 0.412. The van der Waals surface area contributed by atoms with Crippen LogP contribution in [0.15, 0.2) is 72.8 Å². The minimum absolute atomic E-state index is 0.0845. The summed E-state index contributed by atoms with van der Waals surface area (Å²) in [5.41, 5.74) is 7.73. The summed E-state index contributed by atoms with van der Waals surface area (Å²) in [7, 11) is 1.54. The molecule has 0 fully saturated rings. The number of rotatable bonds is 10. The van der Waals surface area contributed by atoms with Gasteiger partial charge in [0.15, 0.2) is 17.3 Å². The predicted octanol–water partition coefficient (Wildman–Crippen LogP) is 4.95. The van der Waals surface area contributed by atoms with Crippen molar-refractivity contribution in [2.45, 2.75) is 20.1 Å². The molecule has 192 valence electrons. The van der Waals surface area contributed by atoms with Crippen LogP contribution in [-0.4, -0.2) is 43.6 Å². The number of ketones is 1. The van der Waals surface area contributed by atoms with Crippen LogP contribution in [0.3, 0.4) is 0 Å². The number of nitrogens with two attached hydrogens (primary N) is 1. The first-order chi connectivity index (χ1) is 17.4. The number of carbonyl (C=O) groups excluding carboxylic acids is 2. The molecule has 2 amide bonds. The van der Waals surface area contributed by atoms with Crippen LogP contribution in [0.2, 0.25) is 0 Å². The molecule has 0 bridgehead atoms. The van der Waals surface area contributed by atoms with E-state index in [4.69, 9.17) is 15.2 Å². The molecule has 0 unspecified atom stereocenters. The summed E-state index contributed by atoms with van der Waals surface area (Å²) in [5.74, 6) is 0.267. The summed E-state index contributed by atoms with van der Waals surface area (Å²) in [5, 5.41) is 2.87. The lowest BCUT2D eigenvalue weighted by Gasteiger charge is -2.23. The van der Waals surface area contributed by atoms with Gasteiger partial charge in [-0.3, -0.25) is 4.79 Å². The van der Waals surface area contributed by atoms with Crippen LogP contribution >= 0.6 is 0 Å². The van der Waals surface area contributed by atoms with Gasteiger partial charge < -0.3 is 25.4 Å². The fourth-order valence-corrected chi connectivity index (χ4v) is 3.05. The van der Waals surface area contributed by atoms with Crippen LogP contribution in [0.25, 0.3) is 0 Å². The Labute approximate surface area is 209 Å². The van der Waals surface area contributed by atoms with Gasteiger partial charge in [0.25, 0.3) is 0 Å². The van der Waals surface area contributed by atoms with Crippen molar-refractivity contribution >= 4 is 17.5 Å². The van der Waals surface area contributed by atoms with E-state index in [1.807, 2.05) is 36.4 Å². The summed E-state index contributed by atoms with van der Waals surface area (Å²) >= 11 is 0. The summed E-state index contributed by atoms with van der Waals surface area (Å²) < 4.78 is 35.8. The minimum atomic E-state index is -0.833. The zero-order chi connectivity index (χ0) is 26.3. The first-order valence-electron chi connectivity index (χ1n) is 11.3. The number of para-hydroxylation sites is 1. The average molecular weight is 500 g/mol. The Morgan fingerprint density at radius 2 is 1.67 bits per heavy atom. The fourth-order valence-electron chi connectivity index (χ4n) is 3.05. The first kappa shape index (κ1) is 28.3. The standard InChI is InChI=1S/C24H26FN3O3.C3H5FO/c1-30-23-15-18(11-12-22(23)31-17-19-7-5-6-10-21(19)25)16-28(14-13-26)24(29)27-20-8-3-2-4-9-20;1-3(5)2-4/h2-12,15H,13-14,16-17,26H2,1H3,(H,27,29);2H2,1H3. The third-order valence-electron chi connectivity index (χ3n) is 4.84. The Kier molecular flexibility index (Phi) is 11.9. The van der Waals surface area contributed by atoms with Gasteiger partial charge in [0.05, 0.1) is 7.11 Å². The highest BCUT2D eigenvalue weighted by atomic mass is 19.1. The second kappa shape index (κ2) is 15.1. The average Bonchev–Trinajstić information content (AvgIpc) is 2.89. The van der Waals surface area contributed by atoms with Gasteiger partial charge in [-0.1, -0.05) is 42.5 Å². The predicted molar refractivity (Wildman–Crippen MR) is 135 cm³/mol. The molecule has 36 heavy (non-hydrogen) atoms. The zero-order valence-corrected chi connectivity index (χ0v) is 20.4. The van der Waals surface area contributed by atoms with Crippen LogP contribution in [0.5, 0.6) is 11.5 Å². The molecular weight excluding hydrogens is 468 g/mol. The largest absolute Gasteiger partial charge is 0.493 e. The number of nitrogens with one attached hydrogen (secondary N) is 1. The Hall–Kier alpha value is -3.98. The Bertz CT molecular complexity index is 1110. The SMILES string of the molecule is CC(=O)CF.COc1cc(CN(CCN)C(=O)Nc2ccccc2)ccc1OCc1ccccc1F. The molecular formula is C27H31F2N3O4. The van der Waals surface area contributed by atoms with Crippen LogP contribution in [0, 0.1) is 5.82 Å². The molecule has 3 rings (SSSR count). The second-order valence-electron chi connectivity index (χ2n) is 7.71. The maximum absolute atomic E-state index is 13.8. The molecule has 3 aromatic rings. The number of alkyl halides is 1. The molecule has 0 saturated heterocycles. The van der Waals surface area contributed by atoms with E-state index < -0.39 is 12.5 Å². The number of carbonyl (C=O) groups is 2. The van der Waals surface area contributed by atoms with Crippen molar-refractivity contribution in [3.63, 3.8) is 0 Å². The van der Waals surface area contributed by atoms with Gasteiger partial charge in [-0.2, -0.15) is 0 Å². The number of Topliss-reactive ketones (excluding diaryl/α,β-unsaturated/α-hetero) is 1. The number of anilines is 1. The molecule has 0 aliphatic carbocycles. The van der Waals surface area contributed by atoms with Crippen molar-refractivity contribution < 1.29 is 27.8 Å². The van der Waals surface area contributed by atoms with E-state index in [1.54, 1.807) is 35.2 Å². The van der Waals surface area contributed by atoms with E-state index in [0.717, 1.165) is 5.56 Å². The van der Waals surface area contributed by atoms with E-state index in [9.17, 15) is 18.4 Å². The minimum Gasteiger partial charge on any atom is -0.493 e. The van der Waals surface area contributed by atoms with Crippen molar-refractivity contribution in [2.24, 2.45) is 5.73 Å². The molecule has 0 aliphatic rings. The van der Waals surface area contributed by atoms with Crippen molar-refractivity contribution in [3.05, 3.63) is 89.7 Å². The number of halogens is 2. The Morgan fingerprint density at radius 3 is 2.28 bits per heavy atom. The lowest BCUT2D eigenvalue weighted by atomic mass is 10.2. The summed E-state index contributed by atoms with van der Waals surface area (Å²) in [6.07, 6.45) is 0. The summed E-state index contributed by atoms with van der Waals surface area (Å²) in [6, 6.07) is 20.9. The number of urea groups is 1. The Morgan fingerprint density at radius 1 is 1.00 bits per heavy atom. The molecule has 0 heterocycles. The van der Waals surface area contributed by atoms with Crippen LogP contribution in [0.4, 0.5) is 19.3 Å². The Balaban J connectivity index is 0.000000830. The lowest BCUT2D eigenvalue weighted by Crippen LogP contribution is -2.38. The highest BCUT2D eigenvalue weighted by Gasteiger charge is 2.15. The van der Waals surface area contributed by atoms with Crippen molar-refractivity contribution in [1.29, 1.82) is 0 Å². The maximum Gasteiger partial charge on any atom is 0.322 e. The van der Waals surface area contributed by atoms with Gasteiger partial charge in [0.2, 0.25) is 0 Å². The highest BCUT2D eigenvalue weighted by Crippen LogP contribution is 2.29. The maximum atomic E-state index is 13.8. The van der Waals surface area contributed by atoms with Gasteiger partial charge in [0, 0.05) is 30.9 Å². The van der Waals surface area contributed by atoms with Gasteiger partial charge in [-0.05, 0) is 42.8 Å². The number of nitrogens with zero attached hydrogens (tertiary/aromatic N) is 1. The summed E-state index contributed by atoms with van der Waals surface area (Å²) in [6.45, 7) is 1.54. The number of benzene rings is 3. The topological polar surface area (TPSA) is 93.9 Å². The monoisotopic (exact) mass is 499 g/mol. The van der Waals surface area contributed by atoms with Crippen LogP contribution in [0.1, 0.15) is 18.1 Å². The van der Waals surface area contributed by atoms with E-state index in [2.05, 4.69) is 5.32 Å². The van der Waals surface area contributed by atoms with E-state index in [1.165, 1.54) is 20.1 Å². The molecule has 0 aromatic heterocycles. The smallest absolute Gasteiger partial charge is 0.322 e. The van der Waals surface area contributed by atoms with E-state index in [0.29, 0.717) is 42.4 Å². The van der Waals surface area contributed by atoms with E-state index in [-0.39, 0.29) is 18.5 Å². The molecule has 0 spiro atoms. The van der Waals surface area contributed by atoms with Crippen LogP contribution in [-0.2, 0) is 17.9 Å². The van der Waals surface area contributed by atoms with Gasteiger partial charge in [-0.15, -0.1) is 0 Å². The summed E-state index contributed by atoms with van der Waals surface area (Å²) in [4.78, 5) is 23.8. The molecule has 3 N–H and O–H groups in total. The van der Waals surface area contributed by atoms with Gasteiger partial charge >= 0.3 is 6.03 Å². The number of ether oxygens (including phenoxy) is 2. The number of amides is 2. The van der Waals surface area contributed by atoms with E-state index >= 15 is 0 Å². The molecule has 0 radical (unpaired) electrons. The van der Waals surface area contributed by atoms with Gasteiger partial charge in [-0.25, -0.2) is 13.6 Å². The second-order valence-corrected chi connectivity index (χ2v) is 7.71. The zero-order valence-electron chi connectivity index (χ0n) is 20.4. The van der Waals surface area contributed by atoms with Gasteiger partial charge in [0.1, 0.15) is 19.1 Å². The number of methoxy groups -OCH3 is 1.